The van der Waals surface area contributed by atoms with Gasteiger partial charge in [-0.1, -0.05) is 26.0 Å². The highest BCUT2D eigenvalue weighted by Gasteiger charge is 2.19. The molecule has 0 amide bonds. The smallest absolute Gasteiger partial charge is 0.216 e. The van der Waals surface area contributed by atoms with Crippen LogP contribution < -0.4 is 5.73 Å². The number of hydrogen-bond acceptors (Lipinski definition) is 5. The van der Waals surface area contributed by atoms with E-state index in [1.165, 1.54) is 0 Å². The summed E-state index contributed by atoms with van der Waals surface area (Å²) >= 11 is 0. The van der Waals surface area contributed by atoms with E-state index in [1.54, 1.807) is 10.9 Å². The molecular formula is C12H19N5O. The van der Waals surface area contributed by atoms with Crippen LogP contribution in [0.1, 0.15) is 38.1 Å². The maximum Gasteiger partial charge on any atom is 0.216 e. The first-order valence-corrected chi connectivity index (χ1v) is 6.03. The first-order chi connectivity index (χ1) is 8.49. The van der Waals surface area contributed by atoms with E-state index in [0.717, 1.165) is 17.9 Å². The van der Waals surface area contributed by atoms with Crippen LogP contribution >= 0.6 is 0 Å². The lowest BCUT2D eigenvalue weighted by Gasteiger charge is -2.12. The van der Waals surface area contributed by atoms with E-state index < -0.39 is 0 Å². The standard InChI is InChI=1S/C12H19N5O/c1-12(2,3)10-6-14-11(18-10)8-17-7-9(4-5-13)15-16-17/h6-7H,4-5,8,13H2,1-3H3. The molecule has 0 radical (unpaired) electrons. The van der Waals surface area contributed by atoms with Crippen LogP contribution in [-0.2, 0) is 18.4 Å². The molecule has 18 heavy (non-hydrogen) atoms. The van der Waals surface area contributed by atoms with E-state index in [-0.39, 0.29) is 5.41 Å². The predicted molar refractivity (Wildman–Crippen MR) is 67.1 cm³/mol. The molecule has 0 aliphatic heterocycles. The van der Waals surface area contributed by atoms with Gasteiger partial charge >= 0.3 is 0 Å². The van der Waals surface area contributed by atoms with Gasteiger partial charge < -0.3 is 10.2 Å². The van der Waals surface area contributed by atoms with Crippen molar-refractivity contribution in [2.45, 2.75) is 39.2 Å². The molecule has 0 aliphatic rings. The molecule has 0 aromatic carbocycles. The molecule has 6 nitrogen and oxygen atoms in total. The summed E-state index contributed by atoms with van der Waals surface area (Å²) in [6.45, 7) is 7.34. The Morgan fingerprint density at radius 1 is 1.39 bits per heavy atom. The van der Waals surface area contributed by atoms with E-state index in [1.807, 2.05) is 6.20 Å². The number of nitrogens with two attached hydrogens (primary N) is 1. The Morgan fingerprint density at radius 3 is 2.78 bits per heavy atom. The monoisotopic (exact) mass is 249 g/mol. The van der Waals surface area contributed by atoms with Crippen LogP contribution in [0.4, 0.5) is 0 Å². The molecule has 2 N–H and O–H groups in total. The minimum absolute atomic E-state index is 0.0294. The van der Waals surface area contributed by atoms with Crippen molar-refractivity contribution in [1.29, 1.82) is 0 Å². The fourth-order valence-electron chi connectivity index (χ4n) is 1.55. The van der Waals surface area contributed by atoms with Crippen LogP contribution in [0.25, 0.3) is 0 Å². The minimum atomic E-state index is -0.0294. The average Bonchev–Trinajstić information content (AvgIpc) is 2.88. The molecule has 2 heterocycles. The number of hydrogen-bond donors (Lipinski definition) is 1. The third kappa shape index (κ3) is 2.95. The summed E-state index contributed by atoms with van der Waals surface area (Å²) in [7, 11) is 0. The molecule has 0 saturated carbocycles. The molecule has 0 unspecified atom stereocenters. The molecule has 0 bridgehead atoms. The third-order valence-corrected chi connectivity index (χ3v) is 2.58. The van der Waals surface area contributed by atoms with Crippen molar-refractivity contribution in [3.05, 3.63) is 29.7 Å². The maximum atomic E-state index is 5.70. The van der Waals surface area contributed by atoms with Gasteiger partial charge in [-0.25, -0.2) is 9.67 Å². The highest BCUT2D eigenvalue weighted by molar-refractivity contribution is 5.06. The molecule has 0 saturated heterocycles. The Kier molecular flexibility index (Phi) is 3.47. The molecule has 0 aliphatic carbocycles. The van der Waals surface area contributed by atoms with Gasteiger partial charge in [0.05, 0.1) is 11.9 Å². The van der Waals surface area contributed by atoms with Crippen molar-refractivity contribution in [2.75, 3.05) is 6.54 Å². The van der Waals surface area contributed by atoms with Gasteiger partial charge in [-0.15, -0.1) is 5.10 Å². The Morgan fingerprint density at radius 2 is 2.17 bits per heavy atom. The van der Waals surface area contributed by atoms with Gasteiger partial charge in [0.25, 0.3) is 0 Å². The normalized spacial score (nSPS) is 12.0. The van der Waals surface area contributed by atoms with Gasteiger partial charge in [0.1, 0.15) is 12.3 Å². The minimum Gasteiger partial charge on any atom is -0.443 e. The van der Waals surface area contributed by atoms with Gasteiger partial charge in [-0.05, 0) is 6.54 Å². The molecule has 98 valence electrons. The van der Waals surface area contributed by atoms with Crippen LogP contribution in [0, 0.1) is 0 Å². The van der Waals surface area contributed by atoms with Crippen molar-refractivity contribution in [1.82, 2.24) is 20.0 Å². The van der Waals surface area contributed by atoms with Crippen LogP contribution in [0.3, 0.4) is 0 Å². The summed E-state index contributed by atoms with van der Waals surface area (Å²) in [6, 6.07) is 0. The van der Waals surface area contributed by atoms with E-state index in [0.29, 0.717) is 19.0 Å². The van der Waals surface area contributed by atoms with Crippen molar-refractivity contribution < 1.29 is 4.42 Å². The summed E-state index contributed by atoms with van der Waals surface area (Å²) in [5.74, 6) is 1.52. The summed E-state index contributed by atoms with van der Waals surface area (Å²) in [5, 5.41) is 8.03. The Balaban J connectivity index is 2.06. The zero-order valence-corrected chi connectivity index (χ0v) is 11.1. The lowest BCUT2D eigenvalue weighted by molar-refractivity contribution is 0.371. The highest BCUT2D eigenvalue weighted by atomic mass is 16.4. The molecule has 0 atom stereocenters. The quantitative estimate of drug-likeness (QED) is 0.877. The Labute approximate surface area is 106 Å². The topological polar surface area (TPSA) is 82.8 Å². The SMILES string of the molecule is CC(C)(C)c1cnc(Cn2cc(CCN)nn2)o1. The van der Waals surface area contributed by atoms with Gasteiger partial charge in [0.15, 0.2) is 0 Å². The van der Waals surface area contributed by atoms with Crippen molar-refractivity contribution in [2.24, 2.45) is 5.73 Å². The van der Waals surface area contributed by atoms with E-state index >= 15 is 0 Å². The first-order valence-electron chi connectivity index (χ1n) is 6.03. The van der Waals surface area contributed by atoms with E-state index in [9.17, 15) is 0 Å². The van der Waals surface area contributed by atoms with Gasteiger partial charge in [-0.2, -0.15) is 0 Å². The Hall–Kier alpha value is -1.69. The molecule has 2 rings (SSSR count). The molecule has 6 heteroatoms. The van der Waals surface area contributed by atoms with Crippen LogP contribution in [0.15, 0.2) is 16.8 Å². The van der Waals surface area contributed by atoms with Gasteiger partial charge in [0, 0.05) is 18.0 Å². The van der Waals surface area contributed by atoms with Gasteiger partial charge in [-0.3, -0.25) is 0 Å². The molecule has 2 aromatic heterocycles. The highest BCUT2D eigenvalue weighted by Crippen LogP contribution is 2.22. The van der Waals surface area contributed by atoms with E-state index in [4.69, 9.17) is 10.2 Å². The largest absolute Gasteiger partial charge is 0.443 e. The van der Waals surface area contributed by atoms with Crippen molar-refractivity contribution >= 4 is 0 Å². The summed E-state index contributed by atoms with van der Waals surface area (Å²) in [6.07, 6.45) is 4.37. The number of oxazole rings is 1. The van der Waals surface area contributed by atoms with Crippen LogP contribution in [0.5, 0.6) is 0 Å². The lowest BCUT2D eigenvalue weighted by atomic mass is 9.94. The summed E-state index contributed by atoms with van der Waals surface area (Å²) in [4.78, 5) is 4.25. The van der Waals surface area contributed by atoms with Crippen LogP contribution in [0.2, 0.25) is 0 Å². The van der Waals surface area contributed by atoms with E-state index in [2.05, 4.69) is 36.1 Å². The molecule has 2 aromatic rings. The Bertz CT molecular complexity index is 509. The second kappa shape index (κ2) is 4.89. The molecule has 0 spiro atoms. The average molecular weight is 249 g/mol. The second-order valence-corrected chi connectivity index (χ2v) is 5.31. The predicted octanol–water partition coefficient (Wildman–Crippen LogP) is 1.11. The fraction of sp³-hybridized carbons (Fsp3) is 0.583. The van der Waals surface area contributed by atoms with Gasteiger partial charge in [0.2, 0.25) is 5.89 Å². The third-order valence-electron chi connectivity index (χ3n) is 2.58. The fourth-order valence-corrected chi connectivity index (χ4v) is 1.55. The lowest BCUT2D eigenvalue weighted by Crippen LogP contribution is -2.09. The number of aromatic nitrogens is 4. The summed E-state index contributed by atoms with van der Waals surface area (Å²) in [5.41, 5.74) is 6.33. The second-order valence-electron chi connectivity index (χ2n) is 5.31. The van der Waals surface area contributed by atoms with Crippen molar-refractivity contribution in [3.8, 4) is 0 Å². The summed E-state index contributed by atoms with van der Waals surface area (Å²) < 4.78 is 7.41. The molecule has 0 fully saturated rings. The van der Waals surface area contributed by atoms with Crippen LogP contribution in [-0.4, -0.2) is 26.5 Å². The zero-order chi connectivity index (χ0) is 13.2. The van der Waals surface area contributed by atoms with Crippen molar-refractivity contribution in [3.63, 3.8) is 0 Å². The molecular weight excluding hydrogens is 230 g/mol. The zero-order valence-electron chi connectivity index (χ0n) is 11.1. The first kappa shape index (κ1) is 12.8. The number of rotatable bonds is 4. The number of nitrogens with zero attached hydrogens (tertiary/aromatic N) is 4. The maximum absolute atomic E-state index is 5.70.